The number of benzene rings is 1. The van der Waals surface area contributed by atoms with Crippen molar-refractivity contribution in [1.29, 1.82) is 0 Å². The van der Waals surface area contributed by atoms with E-state index in [4.69, 9.17) is 4.74 Å². The Morgan fingerprint density at radius 1 is 1.38 bits per heavy atom. The molecule has 2 saturated carbocycles. The van der Waals surface area contributed by atoms with E-state index in [0.29, 0.717) is 5.92 Å². The topological polar surface area (TPSA) is 102 Å². The first-order valence-electron chi connectivity index (χ1n) is 8.43. The summed E-state index contributed by atoms with van der Waals surface area (Å²) >= 11 is 0. The third-order valence-corrected chi connectivity index (χ3v) is 6.03. The number of hydrogen-bond acceptors (Lipinski definition) is 5. The maximum Gasteiger partial charge on any atom is 0.311 e. The minimum absolute atomic E-state index is 0.00710. The Balaban J connectivity index is 1.58. The third kappa shape index (κ3) is 2.04. The molecule has 1 spiro atoms. The van der Waals surface area contributed by atoms with Gasteiger partial charge in [0.15, 0.2) is 0 Å². The van der Waals surface area contributed by atoms with Crippen molar-refractivity contribution in [3.05, 3.63) is 33.9 Å². The van der Waals surface area contributed by atoms with Crippen LogP contribution in [-0.2, 0) is 4.74 Å². The van der Waals surface area contributed by atoms with E-state index in [-0.39, 0.29) is 23.1 Å². The Labute approximate surface area is 139 Å². The molecule has 24 heavy (non-hydrogen) atoms. The van der Waals surface area contributed by atoms with Crippen LogP contribution in [0, 0.1) is 21.4 Å². The van der Waals surface area contributed by atoms with Gasteiger partial charge in [-0.25, -0.2) is 0 Å². The summed E-state index contributed by atoms with van der Waals surface area (Å²) in [5, 5.41) is 24.0. The minimum Gasteiger partial charge on any atom is -0.502 e. The molecule has 1 aromatic rings. The van der Waals surface area contributed by atoms with Crippen LogP contribution in [0.3, 0.4) is 0 Å². The van der Waals surface area contributed by atoms with Gasteiger partial charge in [0.05, 0.1) is 16.6 Å². The Hall–Kier alpha value is -2.15. The van der Waals surface area contributed by atoms with Crippen LogP contribution in [0.25, 0.3) is 0 Å². The second kappa shape index (κ2) is 5.44. The highest BCUT2D eigenvalue weighted by atomic mass is 16.6. The van der Waals surface area contributed by atoms with Crippen molar-refractivity contribution in [3.63, 3.8) is 0 Å². The molecule has 1 aromatic carbocycles. The molecule has 2 N–H and O–H groups in total. The number of aromatic hydroxyl groups is 1. The molecule has 3 fully saturated rings. The summed E-state index contributed by atoms with van der Waals surface area (Å²) in [6.45, 7) is 0.728. The summed E-state index contributed by atoms with van der Waals surface area (Å²) in [4.78, 5) is 22.9. The first-order valence-corrected chi connectivity index (χ1v) is 8.43. The summed E-state index contributed by atoms with van der Waals surface area (Å²) < 4.78 is 5.89. The van der Waals surface area contributed by atoms with E-state index < -0.39 is 22.3 Å². The second-order valence-corrected chi connectivity index (χ2v) is 7.07. The molecule has 1 saturated heterocycles. The molecular weight excluding hydrogens is 312 g/mol. The quantitative estimate of drug-likeness (QED) is 0.653. The van der Waals surface area contributed by atoms with Crippen molar-refractivity contribution in [2.45, 2.75) is 44.2 Å². The highest BCUT2D eigenvalue weighted by molar-refractivity contribution is 5.98. The van der Waals surface area contributed by atoms with E-state index in [9.17, 15) is 20.0 Å². The van der Waals surface area contributed by atoms with E-state index >= 15 is 0 Å². The lowest BCUT2D eigenvalue weighted by Gasteiger charge is -2.56. The molecule has 1 aliphatic heterocycles. The average Bonchev–Trinajstić information content (AvgIpc) is 3.20. The van der Waals surface area contributed by atoms with Crippen LogP contribution in [-0.4, -0.2) is 34.7 Å². The van der Waals surface area contributed by atoms with E-state index in [1.165, 1.54) is 18.2 Å². The number of phenolic OH excluding ortho intramolecular Hbond substituents is 1. The molecule has 1 amide bonds. The van der Waals surface area contributed by atoms with Gasteiger partial charge in [-0.15, -0.1) is 0 Å². The third-order valence-electron chi connectivity index (χ3n) is 6.03. The van der Waals surface area contributed by atoms with Crippen LogP contribution in [0.5, 0.6) is 5.75 Å². The number of carbonyl (C=O) groups excluding carboxylic acids is 1. The van der Waals surface area contributed by atoms with Crippen LogP contribution in [0.2, 0.25) is 0 Å². The molecular formula is C17H20N2O5. The Kier molecular flexibility index (Phi) is 3.49. The van der Waals surface area contributed by atoms with Gasteiger partial charge < -0.3 is 15.2 Å². The number of nitrogens with one attached hydrogen (secondary N) is 1. The zero-order valence-corrected chi connectivity index (χ0v) is 13.2. The van der Waals surface area contributed by atoms with Gasteiger partial charge in [-0.1, -0.05) is 18.9 Å². The van der Waals surface area contributed by atoms with E-state index in [1.807, 2.05) is 0 Å². The fourth-order valence-corrected chi connectivity index (χ4v) is 4.99. The minimum atomic E-state index is -0.686. The molecule has 3 aliphatic rings. The summed E-state index contributed by atoms with van der Waals surface area (Å²) in [6, 6.07) is 4.05. The van der Waals surface area contributed by atoms with Gasteiger partial charge >= 0.3 is 5.69 Å². The lowest BCUT2D eigenvalue weighted by molar-refractivity contribution is -0.385. The molecule has 2 aliphatic carbocycles. The number of ether oxygens (including phenoxy) is 1. The predicted molar refractivity (Wildman–Crippen MR) is 84.8 cm³/mol. The molecule has 1 heterocycles. The average molecular weight is 332 g/mol. The normalized spacial score (nSPS) is 29.9. The van der Waals surface area contributed by atoms with Crippen molar-refractivity contribution in [3.8, 4) is 5.75 Å². The van der Waals surface area contributed by atoms with Crippen LogP contribution in [0.1, 0.15) is 42.5 Å². The molecule has 0 bridgehead atoms. The molecule has 0 aromatic heterocycles. The number of nitro groups is 1. The smallest absolute Gasteiger partial charge is 0.311 e. The van der Waals surface area contributed by atoms with Gasteiger partial charge in [0.1, 0.15) is 0 Å². The maximum absolute atomic E-state index is 12.6. The van der Waals surface area contributed by atoms with Gasteiger partial charge in [0.25, 0.3) is 5.91 Å². The number of para-hydroxylation sites is 1. The molecule has 3 unspecified atom stereocenters. The zero-order chi connectivity index (χ0) is 16.9. The van der Waals surface area contributed by atoms with Crippen molar-refractivity contribution in [2.24, 2.45) is 11.3 Å². The van der Waals surface area contributed by atoms with Gasteiger partial charge in [-0.2, -0.15) is 0 Å². The lowest BCUT2D eigenvalue weighted by Crippen LogP contribution is -2.68. The van der Waals surface area contributed by atoms with Crippen molar-refractivity contribution in [2.75, 3.05) is 6.61 Å². The van der Waals surface area contributed by atoms with E-state index in [2.05, 4.69) is 5.32 Å². The number of hydrogen-bond donors (Lipinski definition) is 2. The number of amides is 1. The number of nitro benzene ring substituents is 1. The second-order valence-electron chi connectivity index (χ2n) is 7.07. The maximum atomic E-state index is 12.6. The van der Waals surface area contributed by atoms with E-state index in [1.54, 1.807) is 0 Å². The lowest BCUT2D eigenvalue weighted by atomic mass is 9.54. The highest BCUT2D eigenvalue weighted by Gasteiger charge is 2.65. The number of phenols is 1. The number of rotatable bonds is 3. The summed E-state index contributed by atoms with van der Waals surface area (Å²) in [7, 11) is 0. The summed E-state index contributed by atoms with van der Waals surface area (Å²) in [5.41, 5.74) is -0.485. The fraction of sp³-hybridized carbons (Fsp3) is 0.588. The van der Waals surface area contributed by atoms with E-state index in [0.717, 1.165) is 38.7 Å². The van der Waals surface area contributed by atoms with Gasteiger partial charge in [-0.05, 0) is 25.3 Å². The van der Waals surface area contributed by atoms with Crippen LogP contribution in [0.15, 0.2) is 18.2 Å². The molecule has 7 heteroatoms. The molecule has 3 atom stereocenters. The number of carbonyl (C=O) groups is 1. The number of nitrogens with zero attached hydrogens (tertiary/aromatic N) is 1. The largest absolute Gasteiger partial charge is 0.502 e. The molecule has 7 nitrogen and oxygen atoms in total. The molecule has 128 valence electrons. The van der Waals surface area contributed by atoms with Gasteiger partial charge in [-0.3, -0.25) is 14.9 Å². The first kappa shape index (κ1) is 15.4. The fourth-order valence-electron chi connectivity index (χ4n) is 4.99. The number of fused-ring (bicyclic) bond motifs is 2. The van der Waals surface area contributed by atoms with Crippen molar-refractivity contribution >= 4 is 11.6 Å². The van der Waals surface area contributed by atoms with Gasteiger partial charge in [0, 0.05) is 30.0 Å². The predicted octanol–water partition coefficient (Wildman–Crippen LogP) is 2.38. The van der Waals surface area contributed by atoms with Crippen LogP contribution in [0.4, 0.5) is 5.69 Å². The Bertz CT molecular complexity index is 698. The van der Waals surface area contributed by atoms with Crippen molar-refractivity contribution in [1.82, 2.24) is 5.32 Å². The Morgan fingerprint density at radius 2 is 2.12 bits per heavy atom. The summed E-state index contributed by atoms with van der Waals surface area (Å²) in [5.74, 6) is -0.704. The zero-order valence-electron chi connectivity index (χ0n) is 13.2. The van der Waals surface area contributed by atoms with Crippen LogP contribution < -0.4 is 5.32 Å². The van der Waals surface area contributed by atoms with Crippen molar-refractivity contribution < 1.29 is 19.6 Å². The molecule has 0 radical (unpaired) electrons. The highest BCUT2D eigenvalue weighted by Crippen LogP contribution is 2.60. The standard InChI is InChI=1S/C17H20N2O5/c20-13-10(4-3-5-12(13)19(22)23)16(21)18-14-11-6-9-24-15(11)17(14)7-1-2-8-17/h3-5,11,14-15,20H,1-2,6-9H2,(H,18,21). The summed E-state index contributed by atoms with van der Waals surface area (Å²) in [6.07, 6.45) is 5.52. The first-order chi connectivity index (χ1) is 11.5. The molecule has 4 rings (SSSR count). The van der Waals surface area contributed by atoms with Crippen LogP contribution >= 0.6 is 0 Å². The monoisotopic (exact) mass is 332 g/mol. The SMILES string of the molecule is O=C(NC1C2CCOC2C12CCCC2)c1cccc([N+](=O)[O-])c1O. The Morgan fingerprint density at radius 3 is 2.83 bits per heavy atom. The van der Waals surface area contributed by atoms with Gasteiger partial charge in [0.2, 0.25) is 5.75 Å².